The second-order valence-corrected chi connectivity index (χ2v) is 9.14. The van der Waals surface area contributed by atoms with Crippen molar-refractivity contribution in [1.82, 2.24) is 15.1 Å². The summed E-state index contributed by atoms with van der Waals surface area (Å²) >= 11 is 0. The molecule has 28 heavy (non-hydrogen) atoms. The van der Waals surface area contributed by atoms with E-state index >= 15 is 0 Å². The van der Waals surface area contributed by atoms with Crippen LogP contribution in [0.15, 0.2) is 35.3 Å². The number of rotatable bonds is 5. The molecule has 1 aromatic rings. The zero-order valence-electron chi connectivity index (χ0n) is 17.1. The molecule has 4 aliphatic rings. The number of aliphatic imine (C=N–C) groups is 1. The highest BCUT2D eigenvalue weighted by Gasteiger charge is 2.53. The summed E-state index contributed by atoms with van der Waals surface area (Å²) in [5, 5.41) is 3.70. The third-order valence-corrected chi connectivity index (χ3v) is 7.44. The van der Waals surface area contributed by atoms with Crippen molar-refractivity contribution in [3.8, 4) is 0 Å². The van der Waals surface area contributed by atoms with Crippen LogP contribution in [0.2, 0.25) is 0 Å². The van der Waals surface area contributed by atoms with Gasteiger partial charge < -0.3 is 19.9 Å². The summed E-state index contributed by atoms with van der Waals surface area (Å²) in [5.74, 6) is 3.31. The Bertz CT molecular complexity index is 675. The molecule has 152 valence electrons. The lowest BCUT2D eigenvalue weighted by Crippen LogP contribution is -2.43. The molecule has 0 amide bonds. The predicted octanol–water partition coefficient (Wildman–Crippen LogP) is 2.24. The van der Waals surface area contributed by atoms with Crippen molar-refractivity contribution in [3.05, 3.63) is 35.9 Å². The minimum absolute atomic E-state index is 0.520. The van der Waals surface area contributed by atoms with Gasteiger partial charge in [0, 0.05) is 51.6 Å². The highest BCUT2D eigenvalue weighted by molar-refractivity contribution is 5.80. The lowest BCUT2D eigenvalue weighted by molar-refractivity contribution is 0.0767. The molecule has 5 rings (SSSR count). The van der Waals surface area contributed by atoms with E-state index < -0.39 is 0 Å². The van der Waals surface area contributed by atoms with Gasteiger partial charge in [-0.25, -0.2) is 0 Å². The van der Waals surface area contributed by atoms with E-state index in [2.05, 4.69) is 50.4 Å². The van der Waals surface area contributed by atoms with Gasteiger partial charge in [-0.3, -0.25) is 4.99 Å². The molecule has 5 nitrogen and oxygen atoms in total. The summed E-state index contributed by atoms with van der Waals surface area (Å²) in [6, 6.07) is 10.9. The van der Waals surface area contributed by atoms with E-state index in [-0.39, 0.29) is 0 Å². The number of guanidine groups is 1. The summed E-state index contributed by atoms with van der Waals surface area (Å²) in [4.78, 5) is 9.71. The first-order valence-corrected chi connectivity index (χ1v) is 11.2. The molecule has 5 heteroatoms. The molecule has 4 saturated heterocycles. The molecule has 0 saturated carbocycles. The number of nitrogens with one attached hydrogen (secondary N) is 1. The van der Waals surface area contributed by atoms with E-state index in [1.807, 2.05) is 7.05 Å². The van der Waals surface area contributed by atoms with Crippen molar-refractivity contribution in [2.24, 2.45) is 22.7 Å². The molecule has 1 N–H and O–H groups in total. The van der Waals surface area contributed by atoms with Crippen molar-refractivity contribution in [2.45, 2.75) is 37.9 Å². The fraction of sp³-hybridized carbons (Fsp3) is 0.696. The first-order chi connectivity index (χ1) is 13.8. The Balaban J connectivity index is 1.07. The van der Waals surface area contributed by atoms with E-state index in [1.165, 1.54) is 44.5 Å². The maximum absolute atomic E-state index is 6.12. The highest BCUT2D eigenvalue weighted by Crippen LogP contribution is 2.47. The molecule has 1 aromatic carbocycles. The van der Waals surface area contributed by atoms with Crippen molar-refractivity contribution in [2.75, 3.05) is 46.3 Å². The van der Waals surface area contributed by atoms with E-state index in [0.717, 1.165) is 49.8 Å². The van der Waals surface area contributed by atoms with Crippen LogP contribution in [0.25, 0.3) is 0 Å². The lowest BCUT2D eigenvalue weighted by atomic mass is 9.82. The van der Waals surface area contributed by atoms with Gasteiger partial charge in [-0.05, 0) is 43.7 Å². The molecule has 0 aromatic heterocycles. The summed E-state index contributed by atoms with van der Waals surface area (Å²) in [5.41, 5.74) is 1.45. The molecule has 4 heterocycles. The number of likely N-dealkylation sites (tertiary alicyclic amines) is 2. The van der Waals surface area contributed by atoms with Crippen LogP contribution in [-0.4, -0.2) is 74.3 Å². The largest absolute Gasteiger partial charge is 0.374 e. The molecule has 4 fully saturated rings. The van der Waals surface area contributed by atoms with Crippen LogP contribution in [0.3, 0.4) is 0 Å². The second kappa shape index (κ2) is 8.03. The molecule has 5 unspecified atom stereocenters. The minimum atomic E-state index is 0.520. The predicted molar refractivity (Wildman–Crippen MR) is 113 cm³/mol. The SMILES string of the molecule is CN=C(NCC1CCN(CCc2ccccc2)C1)N1CC2C3CCC(O3)C2C1. The first-order valence-electron chi connectivity index (χ1n) is 11.2. The van der Waals surface area contributed by atoms with Gasteiger partial charge in [0.1, 0.15) is 0 Å². The second-order valence-electron chi connectivity index (χ2n) is 9.14. The standard InChI is InChI=1S/C23H34N4O/c1-24-23(27-15-19-20(16-27)22-8-7-21(19)28-22)25-13-18-10-12-26(14-18)11-9-17-5-3-2-4-6-17/h2-6,18-22H,7-16H2,1H3,(H,24,25). The van der Waals surface area contributed by atoms with Crippen LogP contribution in [0.5, 0.6) is 0 Å². The van der Waals surface area contributed by atoms with Crippen LogP contribution < -0.4 is 5.32 Å². The molecule has 0 aliphatic carbocycles. The van der Waals surface area contributed by atoms with Crippen LogP contribution in [0.4, 0.5) is 0 Å². The third kappa shape index (κ3) is 3.67. The van der Waals surface area contributed by atoms with Crippen LogP contribution >= 0.6 is 0 Å². The quantitative estimate of drug-likeness (QED) is 0.626. The molecular weight excluding hydrogens is 348 g/mol. The molecular formula is C23H34N4O. The smallest absolute Gasteiger partial charge is 0.193 e. The van der Waals surface area contributed by atoms with Crippen LogP contribution in [-0.2, 0) is 11.2 Å². The normalized spacial score (nSPS) is 35.0. The number of nitrogens with zero attached hydrogens (tertiary/aromatic N) is 3. The molecule has 0 radical (unpaired) electrons. The number of hydrogen-bond acceptors (Lipinski definition) is 3. The summed E-state index contributed by atoms with van der Waals surface area (Å²) < 4.78 is 6.12. The topological polar surface area (TPSA) is 40.1 Å². The average Bonchev–Trinajstić information content (AvgIpc) is 3.49. The van der Waals surface area contributed by atoms with Crippen LogP contribution in [0.1, 0.15) is 24.8 Å². The van der Waals surface area contributed by atoms with Gasteiger partial charge in [-0.15, -0.1) is 0 Å². The Kier molecular flexibility index (Phi) is 5.29. The van der Waals surface area contributed by atoms with Gasteiger partial charge in [0.15, 0.2) is 5.96 Å². The van der Waals surface area contributed by atoms with E-state index in [1.54, 1.807) is 0 Å². The number of fused-ring (bicyclic) bond motifs is 5. The van der Waals surface area contributed by atoms with Gasteiger partial charge >= 0.3 is 0 Å². The molecule has 4 aliphatic heterocycles. The lowest BCUT2D eigenvalue weighted by Gasteiger charge is -2.24. The Hall–Kier alpha value is -1.59. The first kappa shape index (κ1) is 18.4. The number of ether oxygens (including phenoxy) is 1. The van der Waals surface area contributed by atoms with Gasteiger partial charge in [0.05, 0.1) is 12.2 Å². The minimum Gasteiger partial charge on any atom is -0.374 e. The van der Waals surface area contributed by atoms with Crippen molar-refractivity contribution in [1.29, 1.82) is 0 Å². The third-order valence-electron chi connectivity index (χ3n) is 7.44. The molecule has 0 spiro atoms. The van der Waals surface area contributed by atoms with Crippen LogP contribution in [0, 0.1) is 17.8 Å². The summed E-state index contributed by atoms with van der Waals surface area (Å²) in [6.07, 6.45) is 6.03. The fourth-order valence-electron chi connectivity index (χ4n) is 5.92. The molecule has 5 atom stereocenters. The summed E-state index contributed by atoms with van der Waals surface area (Å²) in [6.45, 7) is 6.91. The average molecular weight is 383 g/mol. The highest BCUT2D eigenvalue weighted by atomic mass is 16.5. The Morgan fingerprint density at radius 2 is 1.82 bits per heavy atom. The van der Waals surface area contributed by atoms with Crippen molar-refractivity contribution < 1.29 is 4.74 Å². The van der Waals surface area contributed by atoms with Crippen molar-refractivity contribution in [3.63, 3.8) is 0 Å². The Morgan fingerprint density at radius 1 is 1.07 bits per heavy atom. The zero-order chi connectivity index (χ0) is 18.9. The van der Waals surface area contributed by atoms with E-state index in [9.17, 15) is 0 Å². The zero-order valence-corrected chi connectivity index (χ0v) is 17.1. The monoisotopic (exact) mass is 382 g/mol. The number of benzene rings is 1. The Labute approximate surface area is 169 Å². The van der Waals surface area contributed by atoms with Gasteiger partial charge in [-0.1, -0.05) is 30.3 Å². The fourth-order valence-corrected chi connectivity index (χ4v) is 5.92. The van der Waals surface area contributed by atoms with Gasteiger partial charge in [0.25, 0.3) is 0 Å². The van der Waals surface area contributed by atoms with Crippen molar-refractivity contribution >= 4 is 5.96 Å². The maximum Gasteiger partial charge on any atom is 0.193 e. The van der Waals surface area contributed by atoms with E-state index in [4.69, 9.17) is 4.74 Å². The molecule has 2 bridgehead atoms. The Morgan fingerprint density at radius 3 is 2.54 bits per heavy atom. The van der Waals surface area contributed by atoms with Gasteiger partial charge in [-0.2, -0.15) is 0 Å². The van der Waals surface area contributed by atoms with Gasteiger partial charge in [0.2, 0.25) is 0 Å². The number of hydrogen-bond donors (Lipinski definition) is 1. The van der Waals surface area contributed by atoms with E-state index in [0.29, 0.717) is 12.2 Å². The maximum atomic E-state index is 6.12. The summed E-state index contributed by atoms with van der Waals surface area (Å²) in [7, 11) is 1.93.